The number of ether oxygens (including phenoxy) is 1. The Bertz CT molecular complexity index is 589. The van der Waals surface area contributed by atoms with Crippen LogP contribution < -0.4 is 5.32 Å². The molecule has 25 heavy (non-hydrogen) atoms. The zero-order chi connectivity index (χ0) is 18.4. The number of likely N-dealkylation sites (tertiary alicyclic amines) is 1. The number of nitrogens with one attached hydrogen (secondary N) is 1. The molecule has 1 fully saturated rings. The third-order valence-electron chi connectivity index (χ3n) is 4.16. The van der Waals surface area contributed by atoms with Gasteiger partial charge in [-0.2, -0.15) is 0 Å². The Balaban J connectivity index is 1.80. The van der Waals surface area contributed by atoms with Crippen LogP contribution in [0.1, 0.15) is 45.5 Å². The van der Waals surface area contributed by atoms with E-state index in [2.05, 4.69) is 15.5 Å². The van der Waals surface area contributed by atoms with E-state index in [9.17, 15) is 9.59 Å². The van der Waals surface area contributed by atoms with E-state index in [1.807, 2.05) is 32.6 Å². The van der Waals surface area contributed by atoms with Gasteiger partial charge in [0.1, 0.15) is 5.01 Å². The van der Waals surface area contributed by atoms with Crippen LogP contribution in [0.2, 0.25) is 0 Å². The molecule has 140 valence electrons. The van der Waals surface area contributed by atoms with Crippen LogP contribution in [-0.2, 0) is 20.7 Å². The van der Waals surface area contributed by atoms with Gasteiger partial charge >= 0.3 is 0 Å². The van der Waals surface area contributed by atoms with Crippen LogP contribution >= 0.6 is 11.3 Å². The third-order valence-corrected chi connectivity index (χ3v) is 5.05. The molecule has 2 rings (SSSR count). The highest BCUT2D eigenvalue weighted by Gasteiger charge is 2.32. The van der Waals surface area contributed by atoms with Crippen LogP contribution in [0, 0.1) is 11.3 Å². The molecular formula is C17H28N4O3S. The van der Waals surface area contributed by atoms with E-state index in [-0.39, 0.29) is 23.1 Å². The number of aromatic nitrogens is 2. The van der Waals surface area contributed by atoms with Crippen LogP contribution in [0.15, 0.2) is 0 Å². The number of carbonyl (C=O) groups excluding carboxylic acids is 2. The standard InChI is InChI=1S/C17H28N4O3S/c1-5-24-11-8-13-19-20-16(25-13)18-14(22)12-6-9-21(10-7-12)15(23)17(2,3)4/h12H,5-11H2,1-4H3,(H,18,20,22). The van der Waals surface area contributed by atoms with E-state index >= 15 is 0 Å². The summed E-state index contributed by atoms with van der Waals surface area (Å²) in [5, 5.41) is 12.3. The van der Waals surface area contributed by atoms with Gasteiger partial charge in [-0.3, -0.25) is 9.59 Å². The van der Waals surface area contributed by atoms with Gasteiger partial charge < -0.3 is 15.0 Å². The minimum Gasteiger partial charge on any atom is -0.381 e. The third kappa shape index (κ3) is 5.74. The van der Waals surface area contributed by atoms with Crippen LogP contribution in [-0.4, -0.2) is 53.2 Å². The van der Waals surface area contributed by atoms with Crippen molar-refractivity contribution in [2.75, 3.05) is 31.6 Å². The second-order valence-corrected chi connectivity index (χ2v) is 8.32. The lowest BCUT2D eigenvalue weighted by Crippen LogP contribution is -2.45. The average Bonchev–Trinajstić information content (AvgIpc) is 3.01. The summed E-state index contributed by atoms with van der Waals surface area (Å²) in [6.45, 7) is 10.3. The van der Waals surface area contributed by atoms with Gasteiger partial charge in [0, 0.05) is 37.5 Å². The van der Waals surface area contributed by atoms with Crippen molar-refractivity contribution in [2.45, 2.75) is 47.0 Å². The molecule has 2 heterocycles. The molecule has 0 saturated carbocycles. The number of anilines is 1. The molecule has 1 aromatic rings. The molecule has 1 aromatic heterocycles. The summed E-state index contributed by atoms with van der Waals surface area (Å²) in [5.41, 5.74) is -0.375. The number of rotatable bonds is 6. The summed E-state index contributed by atoms with van der Waals surface area (Å²) in [6.07, 6.45) is 2.07. The van der Waals surface area contributed by atoms with Crippen molar-refractivity contribution >= 4 is 28.3 Å². The SMILES string of the molecule is CCOCCc1nnc(NC(=O)C2CCN(C(=O)C(C)(C)C)CC2)s1. The largest absolute Gasteiger partial charge is 0.381 e. The van der Waals surface area contributed by atoms with Gasteiger partial charge in [-0.15, -0.1) is 10.2 Å². The maximum atomic E-state index is 12.4. The second kappa shape index (κ2) is 8.71. The highest BCUT2D eigenvalue weighted by Crippen LogP contribution is 2.25. The van der Waals surface area contributed by atoms with Crippen LogP contribution in [0.25, 0.3) is 0 Å². The topological polar surface area (TPSA) is 84.4 Å². The van der Waals surface area contributed by atoms with Crippen molar-refractivity contribution in [3.63, 3.8) is 0 Å². The van der Waals surface area contributed by atoms with Gasteiger partial charge in [0.15, 0.2) is 0 Å². The van der Waals surface area contributed by atoms with Gasteiger partial charge in [0.05, 0.1) is 6.61 Å². The highest BCUT2D eigenvalue weighted by molar-refractivity contribution is 7.15. The van der Waals surface area contributed by atoms with Crippen molar-refractivity contribution in [3.05, 3.63) is 5.01 Å². The molecule has 0 radical (unpaired) electrons. The zero-order valence-electron chi connectivity index (χ0n) is 15.5. The fraction of sp³-hybridized carbons (Fsp3) is 0.765. The van der Waals surface area contributed by atoms with Crippen molar-refractivity contribution in [1.82, 2.24) is 15.1 Å². The maximum absolute atomic E-state index is 12.4. The molecule has 8 heteroatoms. The van der Waals surface area contributed by atoms with E-state index in [0.717, 1.165) is 5.01 Å². The van der Waals surface area contributed by atoms with Crippen molar-refractivity contribution < 1.29 is 14.3 Å². The summed E-state index contributed by atoms with van der Waals surface area (Å²) >= 11 is 1.39. The van der Waals surface area contributed by atoms with Gasteiger partial charge in [-0.25, -0.2) is 0 Å². The van der Waals surface area contributed by atoms with Crippen LogP contribution in [0.3, 0.4) is 0 Å². The predicted octanol–water partition coefficient (Wildman–Crippen LogP) is 2.34. The van der Waals surface area contributed by atoms with Gasteiger partial charge in [-0.1, -0.05) is 32.1 Å². The Morgan fingerprint density at radius 3 is 2.56 bits per heavy atom. The number of amides is 2. The summed E-state index contributed by atoms with van der Waals surface area (Å²) in [5.74, 6) is 0.0320. The molecule has 0 spiro atoms. The summed E-state index contributed by atoms with van der Waals surface area (Å²) in [4.78, 5) is 26.6. The van der Waals surface area contributed by atoms with E-state index in [1.165, 1.54) is 11.3 Å². The first-order valence-electron chi connectivity index (χ1n) is 8.81. The van der Waals surface area contributed by atoms with E-state index in [1.54, 1.807) is 0 Å². The van der Waals surface area contributed by atoms with Crippen molar-refractivity contribution in [2.24, 2.45) is 11.3 Å². The monoisotopic (exact) mass is 368 g/mol. The molecule has 7 nitrogen and oxygen atoms in total. The molecular weight excluding hydrogens is 340 g/mol. The highest BCUT2D eigenvalue weighted by atomic mass is 32.1. The molecule has 0 unspecified atom stereocenters. The lowest BCUT2D eigenvalue weighted by atomic mass is 9.91. The van der Waals surface area contributed by atoms with E-state index in [0.29, 0.717) is 50.7 Å². The fourth-order valence-electron chi connectivity index (χ4n) is 2.74. The molecule has 1 aliphatic rings. The minimum atomic E-state index is -0.375. The Labute approximate surface area is 153 Å². The predicted molar refractivity (Wildman–Crippen MR) is 97.5 cm³/mol. The van der Waals surface area contributed by atoms with Crippen LogP contribution in [0.4, 0.5) is 5.13 Å². The summed E-state index contributed by atoms with van der Waals surface area (Å²) < 4.78 is 5.30. The Morgan fingerprint density at radius 1 is 1.28 bits per heavy atom. The van der Waals surface area contributed by atoms with Gasteiger partial charge in [0.2, 0.25) is 16.9 Å². The molecule has 2 amide bonds. The van der Waals surface area contributed by atoms with E-state index < -0.39 is 0 Å². The first-order chi connectivity index (χ1) is 11.8. The number of piperidine rings is 1. The number of carbonyl (C=O) groups is 2. The molecule has 0 aromatic carbocycles. The molecule has 1 saturated heterocycles. The lowest BCUT2D eigenvalue weighted by Gasteiger charge is -2.35. The van der Waals surface area contributed by atoms with Gasteiger partial charge in [-0.05, 0) is 19.8 Å². The molecule has 1 N–H and O–H groups in total. The Morgan fingerprint density at radius 2 is 1.96 bits per heavy atom. The van der Waals surface area contributed by atoms with Crippen molar-refractivity contribution in [1.29, 1.82) is 0 Å². The smallest absolute Gasteiger partial charge is 0.229 e. The number of hydrogen-bond acceptors (Lipinski definition) is 6. The second-order valence-electron chi connectivity index (χ2n) is 7.25. The van der Waals surface area contributed by atoms with Gasteiger partial charge in [0.25, 0.3) is 0 Å². The number of nitrogens with zero attached hydrogens (tertiary/aromatic N) is 3. The van der Waals surface area contributed by atoms with Crippen LogP contribution in [0.5, 0.6) is 0 Å². The minimum absolute atomic E-state index is 0.0321. The number of hydrogen-bond donors (Lipinski definition) is 1. The fourth-order valence-corrected chi connectivity index (χ4v) is 3.46. The average molecular weight is 369 g/mol. The molecule has 1 aliphatic heterocycles. The first kappa shape index (κ1) is 19.8. The first-order valence-corrected chi connectivity index (χ1v) is 9.63. The zero-order valence-corrected chi connectivity index (χ0v) is 16.3. The summed E-state index contributed by atoms with van der Waals surface area (Å²) in [6, 6.07) is 0. The van der Waals surface area contributed by atoms with E-state index in [4.69, 9.17) is 4.74 Å². The lowest BCUT2D eigenvalue weighted by molar-refractivity contribution is -0.142. The normalized spacial score (nSPS) is 16.1. The maximum Gasteiger partial charge on any atom is 0.229 e. The molecule has 0 aliphatic carbocycles. The van der Waals surface area contributed by atoms with Crippen molar-refractivity contribution in [3.8, 4) is 0 Å². The summed E-state index contributed by atoms with van der Waals surface area (Å²) in [7, 11) is 0. The molecule has 0 bridgehead atoms. The molecule has 0 atom stereocenters. The quantitative estimate of drug-likeness (QED) is 0.779. The Kier molecular flexibility index (Phi) is 6.89. The Hall–Kier alpha value is -1.54.